The number of nitrogens with zero attached hydrogens (tertiary/aromatic N) is 1. The van der Waals surface area contributed by atoms with Gasteiger partial charge in [0.15, 0.2) is 0 Å². The number of hydrogen-bond acceptors (Lipinski definition) is 6. The molecule has 1 saturated heterocycles. The summed E-state index contributed by atoms with van der Waals surface area (Å²) in [5.74, 6) is -1.87. The number of ether oxygens (including phenoxy) is 3. The molecule has 1 aliphatic heterocycles. The van der Waals surface area contributed by atoms with Crippen LogP contribution in [0.1, 0.15) is 18.4 Å². The molecule has 1 fully saturated rings. The third kappa shape index (κ3) is 3.76. The Hall–Kier alpha value is -2.60. The van der Waals surface area contributed by atoms with E-state index in [0.717, 1.165) is 16.8 Å². The van der Waals surface area contributed by atoms with Crippen molar-refractivity contribution in [3.8, 4) is 0 Å². The minimum atomic E-state index is -0.617. The highest BCUT2D eigenvalue weighted by Crippen LogP contribution is 2.44. The lowest BCUT2D eigenvalue weighted by Gasteiger charge is -2.40. The quantitative estimate of drug-likeness (QED) is 0.757. The van der Waals surface area contributed by atoms with Gasteiger partial charge in [0.05, 0.1) is 27.4 Å². The van der Waals surface area contributed by atoms with Crippen LogP contribution in [0.3, 0.4) is 0 Å². The van der Waals surface area contributed by atoms with Crippen molar-refractivity contribution < 1.29 is 23.8 Å². The second kappa shape index (κ2) is 8.39. The van der Waals surface area contributed by atoms with Crippen LogP contribution in [0.2, 0.25) is 0 Å². The van der Waals surface area contributed by atoms with Crippen molar-refractivity contribution >= 4 is 11.9 Å². The Balaban J connectivity index is 2.17. The zero-order chi connectivity index (χ0) is 19.4. The average Bonchev–Trinajstić information content (AvgIpc) is 2.73. The molecule has 2 aliphatic rings. The minimum absolute atomic E-state index is 0.365. The van der Waals surface area contributed by atoms with Gasteiger partial charge in [0.2, 0.25) is 0 Å². The number of benzene rings is 1. The monoisotopic (exact) mass is 371 g/mol. The molecular formula is C21H25NO5. The van der Waals surface area contributed by atoms with Crippen molar-refractivity contribution in [2.45, 2.75) is 12.8 Å². The fourth-order valence-electron chi connectivity index (χ4n) is 3.88. The largest absolute Gasteiger partial charge is 0.468 e. The summed E-state index contributed by atoms with van der Waals surface area (Å²) in [7, 11) is 2.74. The third-order valence-corrected chi connectivity index (χ3v) is 5.15. The number of rotatable bonds is 4. The van der Waals surface area contributed by atoms with Crippen molar-refractivity contribution in [1.29, 1.82) is 0 Å². The fourth-order valence-corrected chi connectivity index (χ4v) is 3.88. The first-order valence-electron chi connectivity index (χ1n) is 9.04. The van der Waals surface area contributed by atoms with E-state index in [-0.39, 0.29) is 5.97 Å². The maximum absolute atomic E-state index is 12.9. The molecule has 1 aliphatic carbocycles. The van der Waals surface area contributed by atoms with Gasteiger partial charge in [-0.05, 0) is 24.1 Å². The van der Waals surface area contributed by atoms with E-state index in [1.165, 1.54) is 14.2 Å². The van der Waals surface area contributed by atoms with Crippen LogP contribution < -0.4 is 0 Å². The van der Waals surface area contributed by atoms with Gasteiger partial charge in [-0.3, -0.25) is 4.79 Å². The summed E-state index contributed by atoms with van der Waals surface area (Å²) in [6.07, 6.45) is 1.92. The minimum Gasteiger partial charge on any atom is -0.468 e. The zero-order valence-corrected chi connectivity index (χ0v) is 15.9. The highest BCUT2D eigenvalue weighted by Gasteiger charge is 2.43. The van der Waals surface area contributed by atoms with Gasteiger partial charge in [-0.15, -0.1) is 0 Å². The molecule has 0 amide bonds. The van der Waals surface area contributed by atoms with E-state index in [2.05, 4.69) is 4.90 Å². The van der Waals surface area contributed by atoms with E-state index >= 15 is 0 Å². The van der Waals surface area contributed by atoms with E-state index in [1.807, 2.05) is 43.3 Å². The van der Waals surface area contributed by atoms with Gasteiger partial charge < -0.3 is 19.1 Å². The SMILES string of the molecule is COC(=O)C1=C(C)C=C(N2CCOCC2)[C@@H](C(=O)OC)[C@H]1c1ccccc1. The Labute approximate surface area is 159 Å². The van der Waals surface area contributed by atoms with Crippen molar-refractivity contribution in [3.05, 3.63) is 58.8 Å². The van der Waals surface area contributed by atoms with Gasteiger partial charge in [-0.25, -0.2) is 4.79 Å². The van der Waals surface area contributed by atoms with Gasteiger partial charge in [0.1, 0.15) is 5.92 Å². The van der Waals surface area contributed by atoms with E-state index in [9.17, 15) is 9.59 Å². The molecule has 0 saturated carbocycles. The summed E-state index contributed by atoms with van der Waals surface area (Å²) in [5, 5.41) is 0. The zero-order valence-electron chi connectivity index (χ0n) is 15.9. The molecule has 2 atom stereocenters. The smallest absolute Gasteiger partial charge is 0.334 e. The van der Waals surface area contributed by atoms with Gasteiger partial charge in [-0.2, -0.15) is 0 Å². The Morgan fingerprint density at radius 2 is 1.74 bits per heavy atom. The average molecular weight is 371 g/mol. The standard InChI is InChI=1S/C21H25NO5/c1-14-13-16(22-9-11-27-12-10-22)19(21(24)26-3)18(17(14)20(23)25-2)15-7-5-4-6-8-15/h4-8,13,18-19H,9-12H2,1-3H3/t18-,19+/m0/s1. The molecule has 0 radical (unpaired) electrons. The summed E-state index contributed by atoms with van der Waals surface area (Å²) < 4.78 is 15.6. The molecule has 3 rings (SSSR count). The maximum Gasteiger partial charge on any atom is 0.334 e. The highest BCUT2D eigenvalue weighted by molar-refractivity contribution is 5.94. The number of carbonyl (C=O) groups is 2. The Bertz CT molecular complexity index is 762. The molecular weight excluding hydrogens is 346 g/mol. The molecule has 6 nitrogen and oxygen atoms in total. The molecule has 27 heavy (non-hydrogen) atoms. The summed E-state index contributed by atoms with van der Waals surface area (Å²) >= 11 is 0. The number of esters is 2. The van der Waals surface area contributed by atoms with Crippen LogP contribution >= 0.6 is 0 Å². The molecule has 0 bridgehead atoms. The van der Waals surface area contributed by atoms with Crippen molar-refractivity contribution in [2.24, 2.45) is 5.92 Å². The van der Waals surface area contributed by atoms with Crippen LogP contribution in [0.15, 0.2) is 53.3 Å². The first-order valence-corrected chi connectivity index (χ1v) is 9.04. The normalized spacial score (nSPS) is 22.9. The van der Waals surface area contributed by atoms with Crippen LogP contribution in [0.4, 0.5) is 0 Å². The molecule has 0 spiro atoms. The Morgan fingerprint density at radius 1 is 1.07 bits per heavy atom. The number of morpholine rings is 1. The van der Waals surface area contributed by atoms with Crippen molar-refractivity contribution in [3.63, 3.8) is 0 Å². The molecule has 1 aromatic carbocycles. The topological polar surface area (TPSA) is 65.1 Å². The molecule has 6 heteroatoms. The second-order valence-corrected chi connectivity index (χ2v) is 6.65. The van der Waals surface area contributed by atoms with E-state index in [0.29, 0.717) is 31.9 Å². The predicted molar refractivity (Wildman–Crippen MR) is 99.9 cm³/mol. The van der Waals surface area contributed by atoms with E-state index < -0.39 is 17.8 Å². The number of carbonyl (C=O) groups excluding carboxylic acids is 2. The molecule has 144 valence electrons. The number of allylic oxidation sites excluding steroid dienone is 2. The Kier molecular flexibility index (Phi) is 5.96. The molecule has 0 unspecified atom stereocenters. The first kappa shape index (κ1) is 19.2. The van der Waals surface area contributed by atoms with Gasteiger partial charge in [0.25, 0.3) is 0 Å². The van der Waals surface area contributed by atoms with Crippen LogP contribution in [0.5, 0.6) is 0 Å². The van der Waals surface area contributed by atoms with Crippen LogP contribution in [-0.2, 0) is 23.8 Å². The van der Waals surface area contributed by atoms with Gasteiger partial charge in [-0.1, -0.05) is 30.3 Å². The first-order chi connectivity index (χ1) is 13.1. The number of methoxy groups -OCH3 is 2. The van der Waals surface area contributed by atoms with Gasteiger partial charge in [0, 0.05) is 30.3 Å². The maximum atomic E-state index is 12.9. The van der Waals surface area contributed by atoms with E-state index in [4.69, 9.17) is 14.2 Å². The van der Waals surface area contributed by atoms with E-state index in [1.54, 1.807) is 0 Å². The lowest BCUT2D eigenvalue weighted by molar-refractivity contribution is -0.145. The summed E-state index contributed by atoms with van der Waals surface area (Å²) in [6.45, 7) is 4.49. The van der Waals surface area contributed by atoms with Gasteiger partial charge >= 0.3 is 11.9 Å². The van der Waals surface area contributed by atoms with Crippen LogP contribution in [0.25, 0.3) is 0 Å². The highest BCUT2D eigenvalue weighted by atomic mass is 16.5. The second-order valence-electron chi connectivity index (χ2n) is 6.65. The molecule has 0 N–H and O–H groups in total. The van der Waals surface area contributed by atoms with Crippen molar-refractivity contribution in [2.75, 3.05) is 40.5 Å². The van der Waals surface area contributed by atoms with Crippen LogP contribution in [0, 0.1) is 5.92 Å². The summed E-state index contributed by atoms with van der Waals surface area (Å²) in [4.78, 5) is 27.6. The molecule has 1 aromatic rings. The predicted octanol–water partition coefficient (Wildman–Crippen LogP) is 2.28. The molecule has 0 aromatic heterocycles. The van der Waals surface area contributed by atoms with Crippen molar-refractivity contribution in [1.82, 2.24) is 4.90 Å². The van der Waals surface area contributed by atoms with Crippen LogP contribution in [-0.4, -0.2) is 57.4 Å². The number of hydrogen-bond donors (Lipinski definition) is 0. The fraction of sp³-hybridized carbons (Fsp3) is 0.429. The lowest BCUT2D eigenvalue weighted by atomic mass is 9.73. The summed E-state index contributed by atoms with van der Waals surface area (Å²) in [5.41, 5.74) is 3.05. The Morgan fingerprint density at radius 3 is 2.33 bits per heavy atom. The third-order valence-electron chi connectivity index (χ3n) is 5.15. The molecule has 1 heterocycles. The summed E-state index contributed by atoms with van der Waals surface area (Å²) in [6, 6.07) is 9.58. The lowest BCUT2D eigenvalue weighted by Crippen LogP contribution is -2.43.